The van der Waals surface area contributed by atoms with Crippen molar-refractivity contribution in [1.82, 2.24) is 10.2 Å². The number of carbonyl (C=O) groups is 4. The molecular formula is C35H45F3N4O6. The standard InChI is InChI=1S/C19H26N2O3.C14H18N2O.C2HF3O2/c1-18(2,3)24-17(23)21-11-9-19(14-21)8-10-20(13-19)16-7-5-4-6-15(16)12-22;17-9-12-3-1-2-4-13(12)16-8-6-14(11-16)5-7-15-10-14;3-2(4,5)1(6)7/h4-7,12H,8-11,13-14H2,1-3H3;1-4,9,15H,5-8,10-11H2;(H,6,7). The molecule has 10 nitrogen and oxygen atoms in total. The van der Waals surface area contributed by atoms with Crippen molar-refractivity contribution in [2.75, 3.05) is 62.2 Å². The molecule has 1 amide bonds. The van der Waals surface area contributed by atoms with Crippen molar-refractivity contribution in [3.05, 3.63) is 59.7 Å². The lowest BCUT2D eigenvalue weighted by atomic mass is 9.86. The quantitative estimate of drug-likeness (QED) is 0.396. The molecule has 2 aromatic rings. The summed E-state index contributed by atoms with van der Waals surface area (Å²) < 4.78 is 37.2. The van der Waals surface area contributed by atoms with Crippen LogP contribution in [0.25, 0.3) is 0 Å². The number of benzene rings is 2. The molecule has 4 heterocycles. The van der Waals surface area contributed by atoms with Crippen LogP contribution < -0.4 is 15.1 Å². The number of carbonyl (C=O) groups excluding carboxylic acids is 3. The number of carboxylic acid groups (broad SMARTS) is 1. The number of ether oxygens (including phenoxy) is 1. The van der Waals surface area contributed by atoms with Gasteiger partial charge in [0.2, 0.25) is 0 Å². The number of hydrogen-bond acceptors (Lipinski definition) is 8. The Labute approximate surface area is 279 Å². The summed E-state index contributed by atoms with van der Waals surface area (Å²) in [5, 5.41) is 10.6. The number of anilines is 2. The smallest absolute Gasteiger partial charge is 0.475 e. The van der Waals surface area contributed by atoms with Crippen molar-refractivity contribution in [2.45, 2.75) is 58.2 Å². The number of rotatable bonds is 4. The number of likely N-dealkylation sites (tertiary alicyclic amines) is 1. The molecule has 0 saturated carbocycles. The van der Waals surface area contributed by atoms with E-state index in [1.807, 2.05) is 68.1 Å². The minimum atomic E-state index is -5.08. The SMILES string of the molecule is CC(C)(C)OC(=O)N1CCC2(CCN(c3ccccc3C=O)C2)C1.O=C(O)C(F)(F)F.O=Cc1ccccc1N1CCC2(CCNC2)C1. The molecule has 2 atom stereocenters. The Bertz CT molecular complexity index is 1460. The molecule has 0 aliphatic carbocycles. The molecule has 2 spiro atoms. The van der Waals surface area contributed by atoms with Gasteiger partial charge in [0.15, 0.2) is 12.6 Å². The monoisotopic (exact) mass is 674 g/mol. The Hall–Kier alpha value is -4.13. The van der Waals surface area contributed by atoms with Crippen molar-refractivity contribution in [2.24, 2.45) is 10.8 Å². The van der Waals surface area contributed by atoms with E-state index in [4.69, 9.17) is 14.6 Å². The van der Waals surface area contributed by atoms with E-state index in [1.54, 1.807) is 0 Å². The minimum Gasteiger partial charge on any atom is -0.475 e. The molecule has 6 rings (SSSR count). The molecule has 4 aliphatic heterocycles. The summed E-state index contributed by atoms with van der Waals surface area (Å²) in [4.78, 5) is 50.0. The zero-order chi connectivity index (χ0) is 35.2. The van der Waals surface area contributed by atoms with Gasteiger partial charge >= 0.3 is 18.2 Å². The largest absolute Gasteiger partial charge is 0.490 e. The van der Waals surface area contributed by atoms with Gasteiger partial charge in [-0.1, -0.05) is 24.3 Å². The maximum atomic E-state index is 12.3. The van der Waals surface area contributed by atoms with E-state index in [0.29, 0.717) is 5.41 Å². The van der Waals surface area contributed by atoms with Crippen molar-refractivity contribution in [3.63, 3.8) is 0 Å². The van der Waals surface area contributed by atoms with Gasteiger partial charge in [0.05, 0.1) is 0 Å². The van der Waals surface area contributed by atoms with Crippen LogP contribution in [0.15, 0.2) is 48.5 Å². The van der Waals surface area contributed by atoms with E-state index < -0.39 is 17.7 Å². The number of hydrogen-bond donors (Lipinski definition) is 2. The highest BCUT2D eigenvalue weighted by atomic mass is 19.4. The topological polar surface area (TPSA) is 119 Å². The van der Waals surface area contributed by atoms with Crippen LogP contribution in [0, 0.1) is 10.8 Å². The van der Waals surface area contributed by atoms with E-state index in [2.05, 4.69) is 21.2 Å². The molecule has 4 saturated heterocycles. The third kappa shape index (κ3) is 9.27. The summed E-state index contributed by atoms with van der Waals surface area (Å²) in [5.74, 6) is -2.76. The van der Waals surface area contributed by atoms with Crippen LogP contribution in [0.4, 0.5) is 29.3 Å². The van der Waals surface area contributed by atoms with E-state index in [9.17, 15) is 27.6 Å². The van der Waals surface area contributed by atoms with E-state index in [1.165, 1.54) is 12.8 Å². The predicted molar refractivity (Wildman–Crippen MR) is 176 cm³/mol. The number of carboxylic acids is 1. The first-order chi connectivity index (χ1) is 22.6. The van der Waals surface area contributed by atoms with Gasteiger partial charge in [0, 0.05) is 79.1 Å². The summed E-state index contributed by atoms with van der Waals surface area (Å²) in [6.07, 6.45) is 1.13. The van der Waals surface area contributed by atoms with Gasteiger partial charge in [-0.2, -0.15) is 13.2 Å². The molecule has 0 bridgehead atoms. The van der Waals surface area contributed by atoms with Gasteiger partial charge in [-0.3, -0.25) is 9.59 Å². The Balaban J connectivity index is 0.000000188. The molecule has 2 unspecified atom stereocenters. The van der Waals surface area contributed by atoms with Gasteiger partial charge in [0.1, 0.15) is 5.60 Å². The Kier molecular flexibility index (Phi) is 11.4. The summed E-state index contributed by atoms with van der Waals surface area (Å²) in [7, 11) is 0. The number of aliphatic carboxylic acids is 1. The minimum absolute atomic E-state index is 0.118. The van der Waals surface area contributed by atoms with Crippen LogP contribution >= 0.6 is 0 Å². The molecule has 0 radical (unpaired) electrons. The van der Waals surface area contributed by atoms with Crippen molar-refractivity contribution < 1.29 is 42.2 Å². The average molecular weight is 675 g/mol. The molecule has 2 aromatic carbocycles. The number of alkyl halides is 3. The zero-order valence-corrected chi connectivity index (χ0v) is 27.7. The Morgan fingerprint density at radius 2 is 1.27 bits per heavy atom. The first-order valence-electron chi connectivity index (χ1n) is 16.2. The number of para-hydroxylation sites is 2. The van der Waals surface area contributed by atoms with Crippen molar-refractivity contribution >= 4 is 36.0 Å². The molecule has 262 valence electrons. The molecule has 4 aliphatic rings. The number of amides is 1. The third-order valence-electron chi connectivity index (χ3n) is 9.35. The predicted octanol–water partition coefficient (Wildman–Crippen LogP) is 5.66. The Morgan fingerprint density at radius 1 is 0.792 bits per heavy atom. The summed E-state index contributed by atoms with van der Waals surface area (Å²) >= 11 is 0. The lowest BCUT2D eigenvalue weighted by Gasteiger charge is -2.27. The van der Waals surface area contributed by atoms with Gasteiger partial charge < -0.3 is 29.9 Å². The van der Waals surface area contributed by atoms with E-state index in [-0.39, 0.29) is 11.5 Å². The number of nitrogens with zero attached hydrogens (tertiary/aromatic N) is 3. The van der Waals surface area contributed by atoms with Crippen LogP contribution in [0.3, 0.4) is 0 Å². The molecule has 2 N–H and O–H groups in total. The van der Waals surface area contributed by atoms with E-state index in [0.717, 1.165) is 100 Å². The number of aldehydes is 2. The fraction of sp³-hybridized carbons (Fsp3) is 0.543. The lowest BCUT2D eigenvalue weighted by molar-refractivity contribution is -0.192. The molecule has 4 fully saturated rings. The van der Waals surface area contributed by atoms with Crippen LogP contribution in [0.2, 0.25) is 0 Å². The third-order valence-corrected chi connectivity index (χ3v) is 9.35. The van der Waals surface area contributed by atoms with Crippen LogP contribution in [-0.2, 0) is 9.53 Å². The second kappa shape index (κ2) is 15.0. The van der Waals surface area contributed by atoms with E-state index >= 15 is 0 Å². The first kappa shape index (κ1) is 36.7. The van der Waals surface area contributed by atoms with Gasteiger partial charge in [-0.05, 0) is 77.3 Å². The molecule has 0 aromatic heterocycles. The average Bonchev–Trinajstić information content (AvgIpc) is 3.86. The second-order valence-corrected chi connectivity index (χ2v) is 14.1. The maximum absolute atomic E-state index is 12.3. The summed E-state index contributed by atoms with van der Waals surface area (Å²) in [6, 6.07) is 15.6. The zero-order valence-electron chi connectivity index (χ0n) is 27.7. The van der Waals surface area contributed by atoms with Crippen LogP contribution in [-0.4, -0.2) is 98.8 Å². The van der Waals surface area contributed by atoms with Gasteiger partial charge in [-0.15, -0.1) is 0 Å². The number of halogens is 3. The van der Waals surface area contributed by atoms with Gasteiger partial charge in [0.25, 0.3) is 0 Å². The lowest BCUT2D eigenvalue weighted by Crippen LogP contribution is -2.37. The van der Waals surface area contributed by atoms with Gasteiger partial charge in [-0.25, -0.2) is 9.59 Å². The molecule has 48 heavy (non-hydrogen) atoms. The molecule has 13 heteroatoms. The summed E-state index contributed by atoms with van der Waals surface area (Å²) in [5.41, 5.74) is 3.76. The second-order valence-electron chi connectivity index (χ2n) is 14.1. The number of nitrogens with one attached hydrogen (secondary N) is 1. The Morgan fingerprint density at radius 3 is 1.73 bits per heavy atom. The van der Waals surface area contributed by atoms with Crippen LogP contribution in [0.5, 0.6) is 0 Å². The highest BCUT2D eigenvalue weighted by molar-refractivity contribution is 5.85. The normalized spacial score (nSPS) is 23.4. The van der Waals surface area contributed by atoms with Crippen LogP contribution in [0.1, 0.15) is 67.2 Å². The summed E-state index contributed by atoms with van der Waals surface area (Å²) in [6.45, 7) is 13.4. The fourth-order valence-corrected chi connectivity index (χ4v) is 6.93. The highest BCUT2D eigenvalue weighted by Gasteiger charge is 2.46. The maximum Gasteiger partial charge on any atom is 0.490 e. The molecular weight excluding hydrogens is 629 g/mol. The fourth-order valence-electron chi connectivity index (χ4n) is 6.93. The van der Waals surface area contributed by atoms with Crippen molar-refractivity contribution in [1.29, 1.82) is 0 Å². The first-order valence-corrected chi connectivity index (χ1v) is 16.2. The van der Waals surface area contributed by atoms with Crippen molar-refractivity contribution in [3.8, 4) is 0 Å². The highest BCUT2D eigenvalue weighted by Crippen LogP contribution is 2.42.